The zero-order valence-corrected chi connectivity index (χ0v) is 8.01. The van der Waals surface area contributed by atoms with Gasteiger partial charge in [0.1, 0.15) is 0 Å². The summed E-state index contributed by atoms with van der Waals surface area (Å²) in [6.45, 7) is 0.449. The predicted octanol–water partition coefficient (Wildman–Crippen LogP) is 0.941. The maximum atomic E-state index is 5.61. The lowest BCUT2D eigenvalue weighted by molar-refractivity contribution is 0.919. The van der Waals surface area contributed by atoms with E-state index in [2.05, 4.69) is 9.97 Å². The summed E-state index contributed by atoms with van der Waals surface area (Å²) in [6.07, 6.45) is 5.34. The number of aromatic nitrogens is 3. The van der Waals surface area contributed by atoms with E-state index in [1.54, 1.807) is 12.5 Å². The molecule has 0 aromatic carbocycles. The first-order valence-electron chi connectivity index (χ1n) is 4.43. The second-order valence-corrected chi connectivity index (χ2v) is 3.10. The van der Waals surface area contributed by atoms with Gasteiger partial charge >= 0.3 is 0 Å². The van der Waals surface area contributed by atoms with Crippen LogP contribution in [-0.2, 0) is 13.6 Å². The molecule has 2 aromatic rings. The van der Waals surface area contributed by atoms with Crippen LogP contribution in [-0.4, -0.2) is 14.5 Å². The van der Waals surface area contributed by atoms with E-state index in [9.17, 15) is 0 Å². The smallest absolute Gasteiger partial charge is 0.0952 e. The molecule has 0 radical (unpaired) electrons. The van der Waals surface area contributed by atoms with Crippen molar-refractivity contribution < 1.29 is 0 Å². The highest BCUT2D eigenvalue weighted by Crippen LogP contribution is 2.20. The van der Waals surface area contributed by atoms with Gasteiger partial charge in [0.15, 0.2) is 0 Å². The molecule has 0 fully saturated rings. The van der Waals surface area contributed by atoms with Crippen LogP contribution < -0.4 is 5.73 Å². The van der Waals surface area contributed by atoms with Gasteiger partial charge in [-0.25, -0.2) is 4.98 Å². The molecule has 4 heteroatoms. The number of imidazole rings is 1. The molecule has 4 nitrogen and oxygen atoms in total. The summed E-state index contributed by atoms with van der Waals surface area (Å²) in [6, 6.07) is 3.91. The van der Waals surface area contributed by atoms with E-state index < -0.39 is 0 Å². The molecular weight excluding hydrogens is 176 g/mol. The molecule has 2 N–H and O–H groups in total. The molecule has 0 saturated heterocycles. The van der Waals surface area contributed by atoms with Crippen molar-refractivity contribution in [3.8, 4) is 11.3 Å². The molecule has 0 atom stereocenters. The quantitative estimate of drug-likeness (QED) is 0.763. The van der Waals surface area contributed by atoms with Crippen molar-refractivity contribution in [2.75, 3.05) is 0 Å². The summed E-state index contributed by atoms with van der Waals surface area (Å²) in [5.74, 6) is 0. The molecule has 0 aliphatic carbocycles. The molecule has 2 rings (SSSR count). The van der Waals surface area contributed by atoms with Gasteiger partial charge in [-0.15, -0.1) is 0 Å². The second-order valence-electron chi connectivity index (χ2n) is 3.10. The minimum Gasteiger partial charge on any atom is -0.333 e. The van der Waals surface area contributed by atoms with Crippen LogP contribution in [0.3, 0.4) is 0 Å². The normalized spacial score (nSPS) is 10.4. The minimum absolute atomic E-state index is 0.449. The lowest BCUT2D eigenvalue weighted by Gasteiger charge is -2.03. The number of nitrogens with two attached hydrogens (primary N) is 1. The third-order valence-corrected chi connectivity index (χ3v) is 2.14. The highest BCUT2D eigenvalue weighted by atomic mass is 15.0. The Kier molecular flexibility index (Phi) is 2.28. The van der Waals surface area contributed by atoms with E-state index in [1.165, 1.54) is 0 Å². The fraction of sp³-hybridized carbons (Fsp3) is 0.200. The van der Waals surface area contributed by atoms with E-state index in [0.717, 1.165) is 17.0 Å². The molecule has 0 bridgehead atoms. The summed E-state index contributed by atoms with van der Waals surface area (Å²) >= 11 is 0. The van der Waals surface area contributed by atoms with Crippen molar-refractivity contribution >= 4 is 0 Å². The van der Waals surface area contributed by atoms with Crippen LogP contribution in [0.2, 0.25) is 0 Å². The number of pyridine rings is 1. The van der Waals surface area contributed by atoms with Crippen molar-refractivity contribution in [3.05, 3.63) is 36.5 Å². The van der Waals surface area contributed by atoms with Gasteiger partial charge in [0.2, 0.25) is 0 Å². The van der Waals surface area contributed by atoms with Gasteiger partial charge in [0.25, 0.3) is 0 Å². The van der Waals surface area contributed by atoms with Gasteiger partial charge in [-0.05, 0) is 12.1 Å². The van der Waals surface area contributed by atoms with Crippen molar-refractivity contribution in [2.24, 2.45) is 12.8 Å². The summed E-state index contributed by atoms with van der Waals surface area (Å²) in [7, 11) is 1.95. The standard InChI is InChI=1S/C10H12N4/c1-14-7-13-9(5-11)10(14)8-3-2-4-12-6-8/h2-4,6-7H,5,11H2,1H3. The summed E-state index contributed by atoms with van der Waals surface area (Å²) in [5.41, 5.74) is 8.60. The van der Waals surface area contributed by atoms with Gasteiger partial charge in [-0.1, -0.05) is 0 Å². The van der Waals surface area contributed by atoms with Crippen LogP contribution in [0.25, 0.3) is 11.3 Å². The van der Waals surface area contributed by atoms with Gasteiger partial charge in [0, 0.05) is 31.5 Å². The summed E-state index contributed by atoms with van der Waals surface area (Å²) in [5, 5.41) is 0. The largest absolute Gasteiger partial charge is 0.333 e. The topological polar surface area (TPSA) is 56.7 Å². The first-order valence-corrected chi connectivity index (χ1v) is 4.43. The molecule has 0 saturated carbocycles. The van der Waals surface area contributed by atoms with Crippen molar-refractivity contribution in [1.29, 1.82) is 0 Å². The van der Waals surface area contributed by atoms with Gasteiger partial charge in [0.05, 0.1) is 17.7 Å². The van der Waals surface area contributed by atoms with Crippen molar-refractivity contribution in [2.45, 2.75) is 6.54 Å². The van der Waals surface area contributed by atoms with E-state index in [-0.39, 0.29) is 0 Å². The fourth-order valence-electron chi connectivity index (χ4n) is 1.50. The van der Waals surface area contributed by atoms with Crippen LogP contribution in [0.4, 0.5) is 0 Å². The van der Waals surface area contributed by atoms with Gasteiger partial charge < -0.3 is 10.3 Å². The lowest BCUT2D eigenvalue weighted by atomic mass is 10.1. The third kappa shape index (κ3) is 1.40. The fourth-order valence-corrected chi connectivity index (χ4v) is 1.50. The van der Waals surface area contributed by atoms with Crippen molar-refractivity contribution in [3.63, 3.8) is 0 Å². The lowest BCUT2D eigenvalue weighted by Crippen LogP contribution is -2.00. The van der Waals surface area contributed by atoms with Gasteiger partial charge in [-0.3, -0.25) is 4.98 Å². The zero-order chi connectivity index (χ0) is 9.97. The molecule has 2 aromatic heterocycles. The van der Waals surface area contributed by atoms with Crippen LogP contribution >= 0.6 is 0 Å². The first kappa shape index (κ1) is 8.90. The van der Waals surface area contributed by atoms with E-state index in [1.807, 2.05) is 29.9 Å². The average molecular weight is 188 g/mol. The minimum atomic E-state index is 0.449. The van der Waals surface area contributed by atoms with Crippen molar-refractivity contribution in [1.82, 2.24) is 14.5 Å². The van der Waals surface area contributed by atoms with E-state index in [0.29, 0.717) is 6.54 Å². The number of nitrogens with zero attached hydrogens (tertiary/aromatic N) is 3. The number of hydrogen-bond acceptors (Lipinski definition) is 3. The molecule has 72 valence electrons. The van der Waals surface area contributed by atoms with Gasteiger partial charge in [-0.2, -0.15) is 0 Å². The molecule has 0 aliphatic rings. The Morgan fingerprint density at radius 2 is 2.36 bits per heavy atom. The first-order chi connectivity index (χ1) is 6.83. The molecule has 14 heavy (non-hydrogen) atoms. The van der Waals surface area contributed by atoms with Crippen LogP contribution in [0.1, 0.15) is 5.69 Å². The van der Waals surface area contributed by atoms with E-state index in [4.69, 9.17) is 5.73 Å². The molecule has 0 aliphatic heterocycles. The molecular formula is C10H12N4. The Morgan fingerprint density at radius 3 is 3.00 bits per heavy atom. The monoisotopic (exact) mass is 188 g/mol. The summed E-state index contributed by atoms with van der Waals surface area (Å²) < 4.78 is 1.96. The summed E-state index contributed by atoms with van der Waals surface area (Å²) in [4.78, 5) is 8.30. The number of rotatable bonds is 2. The molecule has 0 unspecified atom stereocenters. The Hall–Kier alpha value is -1.68. The number of hydrogen-bond donors (Lipinski definition) is 1. The Balaban J connectivity index is 2.55. The SMILES string of the molecule is Cn1cnc(CN)c1-c1cccnc1. The zero-order valence-electron chi connectivity index (χ0n) is 8.01. The van der Waals surface area contributed by atoms with E-state index >= 15 is 0 Å². The van der Waals surface area contributed by atoms with Crippen LogP contribution in [0.5, 0.6) is 0 Å². The maximum Gasteiger partial charge on any atom is 0.0952 e. The Bertz CT molecular complexity index is 419. The second kappa shape index (κ2) is 3.59. The molecule has 2 heterocycles. The maximum absolute atomic E-state index is 5.61. The Morgan fingerprint density at radius 1 is 1.50 bits per heavy atom. The average Bonchev–Trinajstić information content (AvgIpc) is 2.61. The third-order valence-electron chi connectivity index (χ3n) is 2.14. The Labute approximate surface area is 82.4 Å². The highest BCUT2D eigenvalue weighted by molar-refractivity contribution is 5.61. The number of aryl methyl sites for hydroxylation is 1. The van der Waals surface area contributed by atoms with Crippen LogP contribution in [0, 0.1) is 0 Å². The van der Waals surface area contributed by atoms with Crippen LogP contribution in [0.15, 0.2) is 30.9 Å². The molecule has 0 amide bonds. The molecule has 0 spiro atoms. The predicted molar refractivity (Wildman–Crippen MR) is 54.3 cm³/mol. The highest BCUT2D eigenvalue weighted by Gasteiger charge is 2.08.